The molecular formula is C16H16NO4S2-. The number of amides is 1. The fraction of sp³-hybridized carbons (Fsp3) is 0.312. The second-order valence-corrected chi connectivity index (χ2v) is 6.55. The zero-order valence-corrected chi connectivity index (χ0v) is 14.2. The number of thiocarbonyl (C=S) groups is 1. The van der Waals surface area contributed by atoms with Crippen LogP contribution in [0.2, 0.25) is 0 Å². The minimum atomic E-state index is -1.20. The molecule has 7 heteroatoms. The van der Waals surface area contributed by atoms with E-state index in [4.69, 9.17) is 17.0 Å². The minimum absolute atomic E-state index is 0.0317. The predicted molar refractivity (Wildman–Crippen MR) is 91.7 cm³/mol. The third-order valence-corrected chi connectivity index (χ3v) is 4.42. The monoisotopic (exact) mass is 350 g/mol. The van der Waals surface area contributed by atoms with Crippen LogP contribution in [0.3, 0.4) is 0 Å². The number of hydrogen-bond donors (Lipinski definition) is 0. The standard InChI is InChI=1S/C16H17NO4S2/c1-2-8-21-12-5-3-4-11(9-12)10-13-15(20)17(16(22)23-13)7-6-14(18)19/h3-5,9-10H,2,6-8H2,1H3,(H,18,19)/p-1/b13-10+. The first-order chi connectivity index (χ1) is 11.0. The van der Waals surface area contributed by atoms with Gasteiger partial charge in [-0.2, -0.15) is 0 Å². The Morgan fingerprint density at radius 1 is 1.48 bits per heavy atom. The fourth-order valence-corrected chi connectivity index (χ4v) is 3.27. The quantitative estimate of drug-likeness (QED) is 0.552. The molecule has 1 aromatic carbocycles. The van der Waals surface area contributed by atoms with E-state index in [0.29, 0.717) is 15.8 Å². The lowest BCUT2D eigenvalue weighted by molar-refractivity contribution is -0.305. The van der Waals surface area contributed by atoms with Crippen molar-refractivity contribution in [3.05, 3.63) is 34.7 Å². The Balaban J connectivity index is 2.12. The molecule has 0 atom stereocenters. The molecule has 2 rings (SSSR count). The lowest BCUT2D eigenvalue weighted by atomic mass is 10.2. The van der Waals surface area contributed by atoms with Gasteiger partial charge in [-0.15, -0.1) is 0 Å². The van der Waals surface area contributed by atoms with Crippen LogP contribution < -0.4 is 9.84 Å². The maximum absolute atomic E-state index is 12.3. The van der Waals surface area contributed by atoms with E-state index in [1.54, 1.807) is 6.08 Å². The molecule has 0 spiro atoms. The highest BCUT2D eigenvalue weighted by molar-refractivity contribution is 8.26. The molecule has 1 saturated heterocycles. The van der Waals surface area contributed by atoms with Gasteiger partial charge in [-0.05, 0) is 30.2 Å². The molecule has 0 unspecified atom stereocenters. The van der Waals surface area contributed by atoms with Crippen molar-refractivity contribution in [2.45, 2.75) is 19.8 Å². The van der Waals surface area contributed by atoms with Crippen LogP contribution in [-0.2, 0) is 9.59 Å². The molecule has 0 radical (unpaired) electrons. The van der Waals surface area contributed by atoms with E-state index < -0.39 is 5.97 Å². The molecule has 1 aliphatic rings. The number of aliphatic carboxylic acids is 1. The normalized spacial score (nSPS) is 16.2. The number of ether oxygens (including phenoxy) is 1. The van der Waals surface area contributed by atoms with Crippen LogP contribution in [0.25, 0.3) is 6.08 Å². The van der Waals surface area contributed by atoms with Crippen molar-refractivity contribution in [2.75, 3.05) is 13.2 Å². The summed E-state index contributed by atoms with van der Waals surface area (Å²) in [6, 6.07) is 7.43. The Morgan fingerprint density at radius 2 is 2.26 bits per heavy atom. The molecule has 122 valence electrons. The Kier molecular flexibility index (Phi) is 6.18. The largest absolute Gasteiger partial charge is 0.550 e. The average Bonchev–Trinajstić information content (AvgIpc) is 2.77. The topological polar surface area (TPSA) is 69.7 Å². The van der Waals surface area contributed by atoms with Gasteiger partial charge >= 0.3 is 0 Å². The number of hydrogen-bond acceptors (Lipinski definition) is 6. The van der Waals surface area contributed by atoms with Gasteiger partial charge in [-0.3, -0.25) is 9.69 Å². The number of carboxylic acids is 1. The van der Waals surface area contributed by atoms with Crippen LogP contribution in [-0.4, -0.2) is 34.2 Å². The molecule has 1 heterocycles. The zero-order valence-electron chi connectivity index (χ0n) is 12.6. The van der Waals surface area contributed by atoms with Crippen molar-refractivity contribution in [3.63, 3.8) is 0 Å². The Hall–Kier alpha value is -1.86. The van der Waals surface area contributed by atoms with Crippen LogP contribution in [0.5, 0.6) is 5.75 Å². The van der Waals surface area contributed by atoms with Crippen LogP contribution in [0.15, 0.2) is 29.2 Å². The van der Waals surface area contributed by atoms with E-state index in [0.717, 1.165) is 17.7 Å². The molecule has 5 nitrogen and oxygen atoms in total. The SMILES string of the molecule is CCCOc1cccc(/C=C2/SC(=S)N(CCC(=O)[O-])C2=O)c1. The summed E-state index contributed by atoms with van der Waals surface area (Å²) < 4.78 is 5.93. The van der Waals surface area contributed by atoms with Crippen molar-refractivity contribution in [3.8, 4) is 5.75 Å². The van der Waals surface area contributed by atoms with Gasteiger partial charge in [0.1, 0.15) is 10.1 Å². The van der Waals surface area contributed by atoms with Gasteiger partial charge in [-0.1, -0.05) is 43.0 Å². The maximum Gasteiger partial charge on any atom is 0.266 e. The van der Waals surface area contributed by atoms with Crippen LogP contribution in [0, 0.1) is 0 Å². The highest BCUT2D eigenvalue weighted by Crippen LogP contribution is 2.33. The summed E-state index contributed by atoms with van der Waals surface area (Å²) in [7, 11) is 0. The van der Waals surface area contributed by atoms with E-state index >= 15 is 0 Å². The Labute approximate surface area is 144 Å². The summed E-state index contributed by atoms with van der Waals surface area (Å²) in [5.74, 6) is -0.738. The summed E-state index contributed by atoms with van der Waals surface area (Å²) >= 11 is 6.30. The van der Waals surface area contributed by atoms with Crippen molar-refractivity contribution in [1.29, 1.82) is 0 Å². The Morgan fingerprint density at radius 3 is 2.96 bits per heavy atom. The van der Waals surface area contributed by atoms with Gasteiger partial charge in [0.2, 0.25) is 0 Å². The van der Waals surface area contributed by atoms with Gasteiger partial charge in [0.25, 0.3) is 5.91 Å². The number of carbonyl (C=O) groups is 2. The van der Waals surface area contributed by atoms with Crippen molar-refractivity contribution < 1.29 is 19.4 Å². The highest BCUT2D eigenvalue weighted by atomic mass is 32.2. The van der Waals surface area contributed by atoms with E-state index in [-0.39, 0.29) is 18.9 Å². The second-order valence-electron chi connectivity index (χ2n) is 4.88. The lowest BCUT2D eigenvalue weighted by Gasteiger charge is -2.14. The summed E-state index contributed by atoms with van der Waals surface area (Å²) in [4.78, 5) is 24.6. The van der Waals surface area contributed by atoms with Crippen molar-refractivity contribution in [1.82, 2.24) is 4.90 Å². The molecular weight excluding hydrogens is 334 g/mol. The number of carboxylic acid groups (broad SMARTS) is 1. The van der Waals surface area contributed by atoms with Crippen molar-refractivity contribution in [2.24, 2.45) is 0 Å². The molecule has 0 aromatic heterocycles. The van der Waals surface area contributed by atoms with Gasteiger partial charge in [0.05, 0.1) is 11.5 Å². The number of nitrogens with zero attached hydrogens (tertiary/aromatic N) is 1. The molecule has 0 bridgehead atoms. The highest BCUT2D eigenvalue weighted by Gasteiger charge is 2.31. The minimum Gasteiger partial charge on any atom is -0.550 e. The lowest BCUT2D eigenvalue weighted by Crippen LogP contribution is -2.33. The number of carbonyl (C=O) groups excluding carboxylic acids is 2. The first-order valence-corrected chi connectivity index (χ1v) is 8.42. The molecule has 1 amide bonds. The summed E-state index contributed by atoms with van der Waals surface area (Å²) in [5.41, 5.74) is 0.832. The van der Waals surface area contributed by atoms with Crippen molar-refractivity contribution >= 4 is 46.3 Å². The van der Waals surface area contributed by atoms with Crippen LogP contribution in [0.4, 0.5) is 0 Å². The third kappa shape index (κ3) is 4.80. The molecule has 0 aliphatic carbocycles. The van der Waals surface area contributed by atoms with Gasteiger partial charge in [0.15, 0.2) is 0 Å². The average molecular weight is 350 g/mol. The second kappa shape index (κ2) is 8.12. The number of rotatable bonds is 7. The third-order valence-electron chi connectivity index (χ3n) is 3.04. The zero-order chi connectivity index (χ0) is 16.8. The van der Waals surface area contributed by atoms with Crippen LogP contribution in [0.1, 0.15) is 25.3 Å². The molecule has 1 aromatic rings. The number of thioether (sulfide) groups is 1. The first kappa shape index (κ1) is 17.5. The predicted octanol–water partition coefficient (Wildman–Crippen LogP) is 1.82. The van der Waals surface area contributed by atoms with E-state index in [1.807, 2.05) is 31.2 Å². The molecule has 0 N–H and O–H groups in total. The molecule has 1 fully saturated rings. The molecule has 1 aliphatic heterocycles. The summed E-state index contributed by atoms with van der Waals surface area (Å²) in [6.07, 6.45) is 2.42. The maximum atomic E-state index is 12.3. The van der Waals surface area contributed by atoms with Gasteiger partial charge < -0.3 is 14.6 Å². The summed E-state index contributed by atoms with van der Waals surface area (Å²) in [5, 5.41) is 10.5. The van der Waals surface area contributed by atoms with E-state index in [2.05, 4.69) is 0 Å². The van der Waals surface area contributed by atoms with E-state index in [9.17, 15) is 14.7 Å². The molecule has 0 saturated carbocycles. The Bertz CT molecular complexity index is 657. The van der Waals surface area contributed by atoms with E-state index in [1.165, 1.54) is 16.7 Å². The van der Waals surface area contributed by atoms with Crippen LogP contribution >= 0.6 is 24.0 Å². The summed E-state index contributed by atoms with van der Waals surface area (Å²) in [6.45, 7) is 2.70. The van der Waals surface area contributed by atoms with Gasteiger partial charge in [0, 0.05) is 18.9 Å². The molecule has 23 heavy (non-hydrogen) atoms. The van der Waals surface area contributed by atoms with Gasteiger partial charge in [-0.25, -0.2) is 0 Å². The smallest absolute Gasteiger partial charge is 0.266 e. The fourth-order valence-electron chi connectivity index (χ4n) is 1.96. The first-order valence-electron chi connectivity index (χ1n) is 7.19. The number of benzene rings is 1.